The number of halogens is 2. The first-order valence-corrected chi connectivity index (χ1v) is 7.13. The molecule has 6 heteroatoms. The fraction of sp³-hybridized carbons (Fsp3) is 0.294. The number of nitrogens with zero attached hydrogens (tertiary/aromatic N) is 1. The van der Waals surface area contributed by atoms with Gasteiger partial charge in [-0.05, 0) is 43.2 Å². The monoisotopic (exact) mass is 321 g/mol. The van der Waals surface area contributed by atoms with Crippen molar-refractivity contribution >= 4 is 5.78 Å². The summed E-state index contributed by atoms with van der Waals surface area (Å²) < 4.78 is 38.5. The zero-order valence-electron chi connectivity index (χ0n) is 12.9. The van der Waals surface area contributed by atoms with Gasteiger partial charge in [-0.25, -0.2) is 13.8 Å². The number of ketones is 1. The van der Waals surface area contributed by atoms with Crippen LogP contribution >= 0.6 is 0 Å². The van der Waals surface area contributed by atoms with Gasteiger partial charge in [0.15, 0.2) is 17.4 Å². The average Bonchev–Trinajstić information content (AvgIpc) is 2.53. The molecule has 0 amide bonds. The molecule has 1 aromatic heterocycles. The van der Waals surface area contributed by atoms with Crippen molar-refractivity contribution in [3.63, 3.8) is 0 Å². The molecule has 2 aromatic rings. The molecule has 0 aliphatic heterocycles. The quantitative estimate of drug-likeness (QED) is 0.728. The molecule has 0 saturated heterocycles. The van der Waals surface area contributed by atoms with Crippen molar-refractivity contribution in [1.29, 1.82) is 0 Å². The van der Waals surface area contributed by atoms with Crippen molar-refractivity contribution < 1.29 is 23.0 Å². The second kappa shape index (κ2) is 7.67. The van der Waals surface area contributed by atoms with Crippen LogP contribution in [0.1, 0.15) is 19.8 Å². The Bertz CT molecular complexity index is 681. The lowest BCUT2D eigenvalue weighted by atomic mass is 10.1. The lowest BCUT2D eigenvalue weighted by Gasteiger charge is -2.11. The number of Topliss-reactive ketones (excluding diaryl/α,β-unsaturated/α-hetero) is 1. The molecular weight excluding hydrogens is 304 g/mol. The van der Waals surface area contributed by atoms with Gasteiger partial charge in [0.05, 0.1) is 13.7 Å². The minimum atomic E-state index is -0.811. The zero-order chi connectivity index (χ0) is 16.8. The number of hydrogen-bond donors (Lipinski definition) is 0. The number of hydrogen-bond acceptors (Lipinski definition) is 4. The Morgan fingerprint density at radius 1 is 1.26 bits per heavy atom. The minimum Gasteiger partial charge on any atom is -0.488 e. The molecule has 122 valence electrons. The molecule has 0 unspecified atom stereocenters. The Labute approximate surface area is 133 Å². The van der Waals surface area contributed by atoms with E-state index in [0.717, 1.165) is 0 Å². The SMILES string of the molecule is COc1ncccc1-c1cc(F)c(OCCCC(C)=O)c(F)c1. The van der Waals surface area contributed by atoms with Gasteiger partial charge in [0, 0.05) is 18.2 Å². The smallest absolute Gasteiger partial charge is 0.221 e. The number of ether oxygens (including phenoxy) is 2. The molecule has 4 nitrogen and oxygen atoms in total. The highest BCUT2D eigenvalue weighted by Crippen LogP contribution is 2.32. The van der Waals surface area contributed by atoms with Crippen LogP contribution in [0.25, 0.3) is 11.1 Å². The summed E-state index contributed by atoms with van der Waals surface area (Å²) in [5.74, 6) is -1.78. The Morgan fingerprint density at radius 3 is 2.57 bits per heavy atom. The van der Waals surface area contributed by atoms with Gasteiger partial charge in [-0.2, -0.15) is 0 Å². The summed E-state index contributed by atoms with van der Waals surface area (Å²) in [5.41, 5.74) is 0.789. The summed E-state index contributed by atoms with van der Waals surface area (Å²) in [7, 11) is 1.44. The van der Waals surface area contributed by atoms with Gasteiger partial charge >= 0.3 is 0 Å². The van der Waals surface area contributed by atoms with Crippen molar-refractivity contribution in [2.75, 3.05) is 13.7 Å². The van der Waals surface area contributed by atoms with Crippen molar-refractivity contribution in [2.45, 2.75) is 19.8 Å². The third kappa shape index (κ3) is 4.25. The minimum absolute atomic E-state index is 0.00793. The van der Waals surface area contributed by atoms with Crippen LogP contribution in [0.15, 0.2) is 30.5 Å². The molecule has 1 heterocycles. The zero-order valence-corrected chi connectivity index (χ0v) is 12.9. The first-order valence-electron chi connectivity index (χ1n) is 7.13. The first kappa shape index (κ1) is 16.9. The third-order valence-electron chi connectivity index (χ3n) is 3.19. The summed E-state index contributed by atoms with van der Waals surface area (Å²) >= 11 is 0. The fourth-order valence-electron chi connectivity index (χ4n) is 2.12. The highest BCUT2D eigenvalue weighted by molar-refractivity contribution is 5.75. The third-order valence-corrected chi connectivity index (χ3v) is 3.19. The van der Waals surface area contributed by atoms with E-state index in [9.17, 15) is 13.6 Å². The van der Waals surface area contributed by atoms with E-state index in [1.165, 1.54) is 32.4 Å². The van der Waals surface area contributed by atoms with Gasteiger partial charge in [0.2, 0.25) is 5.88 Å². The Hall–Kier alpha value is -2.50. The van der Waals surface area contributed by atoms with Crippen LogP contribution in [0.2, 0.25) is 0 Å². The maximum absolute atomic E-state index is 14.1. The summed E-state index contributed by atoms with van der Waals surface area (Å²) in [5, 5.41) is 0. The normalized spacial score (nSPS) is 10.4. The van der Waals surface area contributed by atoms with E-state index in [4.69, 9.17) is 9.47 Å². The Balaban J connectivity index is 2.21. The maximum Gasteiger partial charge on any atom is 0.221 e. The van der Waals surface area contributed by atoms with Crippen LogP contribution < -0.4 is 9.47 Å². The number of benzene rings is 1. The largest absolute Gasteiger partial charge is 0.488 e. The highest BCUT2D eigenvalue weighted by atomic mass is 19.1. The number of rotatable bonds is 7. The van der Waals surface area contributed by atoms with Crippen LogP contribution in [0, 0.1) is 11.6 Å². The predicted octanol–water partition coefficient (Wildman–Crippen LogP) is 3.78. The molecule has 1 aromatic carbocycles. The van der Waals surface area contributed by atoms with E-state index in [-0.39, 0.29) is 18.3 Å². The van der Waals surface area contributed by atoms with Crippen molar-refractivity contribution in [1.82, 2.24) is 4.98 Å². The number of aromatic nitrogens is 1. The fourth-order valence-corrected chi connectivity index (χ4v) is 2.12. The van der Waals surface area contributed by atoms with E-state index in [1.807, 2.05) is 0 Å². The van der Waals surface area contributed by atoms with Crippen molar-refractivity contribution in [3.05, 3.63) is 42.1 Å². The number of pyridine rings is 1. The van der Waals surface area contributed by atoms with Gasteiger partial charge in [0.25, 0.3) is 0 Å². The molecule has 0 bridgehead atoms. The molecule has 23 heavy (non-hydrogen) atoms. The van der Waals surface area contributed by atoms with Crippen LogP contribution in [0.4, 0.5) is 8.78 Å². The summed E-state index contributed by atoms with van der Waals surface area (Å²) in [6.07, 6.45) is 2.25. The van der Waals surface area contributed by atoms with Crippen molar-refractivity contribution in [2.24, 2.45) is 0 Å². The lowest BCUT2D eigenvalue weighted by molar-refractivity contribution is -0.117. The second-order valence-electron chi connectivity index (χ2n) is 4.98. The highest BCUT2D eigenvalue weighted by Gasteiger charge is 2.16. The lowest BCUT2D eigenvalue weighted by Crippen LogP contribution is -2.04. The van der Waals surface area contributed by atoms with E-state index >= 15 is 0 Å². The van der Waals surface area contributed by atoms with Gasteiger partial charge < -0.3 is 14.3 Å². The van der Waals surface area contributed by atoms with Crippen LogP contribution in [-0.2, 0) is 4.79 Å². The van der Waals surface area contributed by atoms with E-state index < -0.39 is 17.4 Å². The van der Waals surface area contributed by atoms with Crippen LogP contribution in [0.3, 0.4) is 0 Å². The molecule has 0 aliphatic rings. The van der Waals surface area contributed by atoms with Gasteiger partial charge in [-0.3, -0.25) is 0 Å². The standard InChI is InChI=1S/C17H17F2NO3/c1-11(21)5-4-8-23-16-14(18)9-12(10-15(16)19)13-6-3-7-20-17(13)22-2/h3,6-7,9-10H,4-5,8H2,1-2H3. The average molecular weight is 321 g/mol. The second-order valence-corrected chi connectivity index (χ2v) is 4.98. The van der Waals surface area contributed by atoms with Gasteiger partial charge in [0.1, 0.15) is 5.78 Å². The Morgan fingerprint density at radius 2 is 1.96 bits per heavy atom. The molecular formula is C17H17F2NO3. The number of carbonyl (C=O) groups excluding carboxylic acids is 1. The summed E-state index contributed by atoms with van der Waals surface area (Å²) in [6.45, 7) is 1.53. The van der Waals surface area contributed by atoms with Gasteiger partial charge in [-0.1, -0.05) is 0 Å². The summed E-state index contributed by atoms with van der Waals surface area (Å²) in [4.78, 5) is 14.8. The first-order chi connectivity index (χ1) is 11.0. The molecule has 0 N–H and O–H groups in total. The van der Waals surface area contributed by atoms with E-state index in [1.54, 1.807) is 12.1 Å². The number of methoxy groups -OCH3 is 1. The molecule has 0 saturated carbocycles. The number of carbonyl (C=O) groups is 1. The predicted molar refractivity (Wildman–Crippen MR) is 81.6 cm³/mol. The molecule has 0 fully saturated rings. The topological polar surface area (TPSA) is 48.4 Å². The molecule has 2 rings (SSSR count). The van der Waals surface area contributed by atoms with Crippen LogP contribution in [-0.4, -0.2) is 24.5 Å². The van der Waals surface area contributed by atoms with Crippen LogP contribution in [0.5, 0.6) is 11.6 Å². The molecule has 0 spiro atoms. The maximum atomic E-state index is 14.1. The van der Waals surface area contributed by atoms with Gasteiger partial charge in [-0.15, -0.1) is 0 Å². The molecule has 0 aliphatic carbocycles. The molecule has 0 atom stereocenters. The van der Waals surface area contributed by atoms with Crippen molar-refractivity contribution in [3.8, 4) is 22.8 Å². The molecule has 0 radical (unpaired) electrons. The Kier molecular flexibility index (Phi) is 5.62. The summed E-state index contributed by atoms with van der Waals surface area (Å²) in [6, 6.07) is 5.65. The van der Waals surface area contributed by atoms with E-state index in [2.05, 4.69) is 4.98 Å². The van der Waals surface area contributed by atoms with E-state index in [0.29, 0.717) is 24.0 Å².